The molecule has 0 aliphatic heterocycles. The van der Waals surface area contributed by atoms with Gasteiger partial charge in [-0.2, -0.15) is 11.8 Å². The van der Waals surface area contributed by atoms with E-state index >= 15 is 0 Å². The van der Waals surface area contributed by atoms with Gasteiger partial charge in [0.15, 0.2) is 0 Å². The van der Waals surface area contributed by atoms with Crippen LogP contribution in [0.1, 0.15) is 206 Å². The molecule has 0 bridgehead atoms. The monoisotopic (exact) mass is 569 g/mol. The molecule has 0 fully saturated rings. The minimum atomic E-state index is 0.00817. The summed E-state index contributed by atoms with van der Waals surface area (Å²) in [4.78, 5) is 11.9. The first-order valence-corrected chi connectivity index (χ1v) is 19.2. The number of thioether (sulfide) groups is 1. The van der Waals surface area contributed by atoms with Crippen LogP contribution in [0.25, 0.3) is 0 Å². The summed E-state index contributed by atoms with van der Waals surface area (Å²) >= 11 is 1.93. The van der Waals surface area contributed by atoms with Gasteiger partial charge in [0.25, 0.3) is 0 Å². The molecule has 0 saturated carbocycles. The molecule has 0 aliphatic carbocycles. The highest BCUT2D eigenvalue weighted by Crippen LogP contribution is 2.15. The highest BCUT2D eigenvalue weighted by Gasteiger charge is 2.03. The van der Waals surface area contributed by atoms with E-state index < -0.39 is 0 Å². The first kappa shape index (κ1) is 38.8. The van der Waals surface area contributed by atoms with Crippen molar-refractivity contribution in [3.05, 3.63) is 0 Å². The molecule has 0 aromatic carbocycles. The fourth-order valence-electron chi connectivity index (χ4n) is 5.39. The van der Waals surface area contributed by atoms with Gasteiger partial charge in [-0.15, -0.1) is 0 Å². The molecular weight excluding hydrogens is 496 g/mol. The van der Waals surface area contributed by atoms with Crippen molar-refractivity contribution in [2.75, 3.05) is 18.1 Å². The molecule has 0 spiro atoms. The molecule has 0 aromatic rings. The van der Waals surface area contributed by atoms with Crippen LogP contribution in [0.4, 0.5) is 0 Å². The highest BCUT2D eigenvalue weighted by atomic mass is 32.2. The standard InChI is InChI=1S/C36H72O2S/c1-3-5-7-9-11-13-15-17-19-20-22-24-26-28-30-33-38-36(37)32-35-39-34-31-29-27-25-23-21-18-16-14-12-10-8-6-4-2/h3-35H2,1-2H3. The van der Waals surface area contributed by atoms with Crippen LogP contribution in [0.3, 0.4) is 0 Å². The van der Waals surface area contributed by atoms with Crippen LogP contribution in [0.5, 0.6) is 0 Å². The molecular formula is C36H72O2S. The molecule has 0 aromatic heterocycles. The molecule has 0 unspecified atom stereocenters. The van der Waals surface area contributed by atoms with E-state index in [-0.39, 0.29) is 5.97 Å². The Labute approximate surface area is 251 Å². The van der Waals surface area contributed by atoms with Crippen LogP contribution in [-0.4, -0.2) is 24.1 Å². The van der Waals surface area contributed by atoms with Crippen molar-refractivity contribution >= 4 is 17.7 Å². The van der Waals surface area contributed by atoms with Gasteiger partial charge in [0.2, 0.25) is 0 Å². The molecule has 0 N–H and O–H groups in total. The van der Waals surface area contributed by atoms with Gasteiger partial charge in [-0.25, -0.2) is 0 Å². The second-order valence-electron chi connectivity index (χ2n) is 12.1. The zero-order valence-corrected chi connectivity index (χ0v) is 27.9. The second-order valence-corrected chi connectivity index (χ2v) is 13.4. The van der Waals surface area contributed by atoms with Crippen LogP contribution in [-0.2, 0) is 9.53 Å². The third kappa shape index (κ3) is 35.8. The molecule has 2 nitrogen and oxygen atoms in total. The van der Waals surface area contributed by atoms with Gasteiger partial charge in [0.1, 0.15) is 0 Å². The topological polar surface area (TPSA) is 26.3 Å². The lowest BCUT2D eigenvalue weighted by atomic mass is 10.0. The minimum Gasteiger partial charge on any atom is -0.466 e. The van der Waals surface area contributed by atoms with Crippen LogP contribution in [0.15, 0.2) is 0 Å². The van der Waals surface area contributed by atoms with Gasteiger partial charge in [-0.05, 0) is 18.6 Å². The number of hydrogen-bond acceptors (Lipinski definition) is 3. The Kier molecular flexibility index (Phi) is 35.7. The molecule has 3 heteroatoms. The molecule has 39 heavy (non-hydrogen) atoms. The maximum Gasteiger partial charge on any atom is 0.306 e. The van der Waals surface area contributed by atoms with Crippen LogP contribution < -0.4 is 0 Å². The van der Waals surface area contributed by atoms with Gasteiger partial charge in [-0.3, -0.25) is 4.79 Å². The van der Waals surface area contributed by atoms with Crippen molar-refractivity contribution in [2.45, 2.75) is 206 Å². The summed E-state index contributed by atoms with van der Waals surface area (Å²) in [5, 5.41) is 0. The summed E-state index contributed by atoms with van der Waals surface area (Å²) < 4.78 is 5.43. The second kappa shape index (κ2) is 35.8. The zero-order chi connectivity index (χ0) is 28.3. The molecule has 0 saturated heterocycles. The molecule has 0 rings (SSSR count). The number of unbranched alkanes of at least 4 members (excludes halogenated alkanes) is 27. The average molecular weight is 569 g/mol. The van der Waals surface area contributed by atoms with Crippen molar-refractivity contribution < 1.29 is 9.53 Å². The average Bonchev–Trinajstić information content (AvgIpc) is 2.94. The van der Waals surface area contributed by atoms with Crippen molar-refractivity contribution in [1.29, 1.82) is 0 Å². The highest BCUT2D eigenvalue weighted by molar-refractivity contribution is 7.99. The normalized spacial score (nSPS) is 11.3. The van der Waals surface area contributed by atoms with Crippen molar-refractivity contribution in [3.8, 4) is 0 Å². The molecule has 0 radical (unpaired) electrons. The Bertz CT molecular complexity index is 453. The Balaban J connectivity index is 3.14. The fourth-order valence-corrected chi connectivity index (χ4v) is 6.31. The number of esters is 1. The van der Waals surface area contributed by atoms with Gasteiger partial charge >= 0.3 is 5.97 Å². The molecule has 0 heterocycles. The van der Waals surface area contributed by atoms with Crippen molar-refractivity contribution in [1.82, 2.24) is 0 Å². The predicted molar refractivity (Wildman–Crippen MR) is 178 cm³/mol. The molecule has 0 aliphatic rings. The Morgan fingerprint density at radius 3 is 1.08 bits per heavy atom. The number of carbonyl (C=O) groups excluding carboxylic acids is 1. The van der Waals surface area contributed by atoms with E-state index in [9.17, 15) is 4.79 Å². The van der Waals surface area contributed by atoms with E-state index in [0.29, 0.717) is 13.0 Å². The van der Waals surface area contributed by atoms with Gasteiger partial charge in [-0.1, -0.05) is 187 Å². The number of ether oxygens (including phenoxy) is 1. The number of carbonyl (C=O) groups is 1. The van der Waals surface area contributed by atoms with E-state index in [1.54, 1.807) is 0 Å². The van der Waals surface area contributed by atoms with E-state index in [1.807, 2.05) is 11.8 Å². The van der Waals surface area contributed by atoms with E-state index in [2.05, 4.69) is 13.8 Å². The van der Waals surface area contributed by atoms with Gasteiger partial charge < -0.3 is 4.74 Å². The van der Waals surface area contributed by atoms with E-state index in [0.717, 1.165) is 12.2 Å². The van der Waals surface area contributed by atoms with Crippen LogP contribution in [0.2, 0.25) is 0 Å². The first-order valence-electron chi connectivity index (χ1n) is 18.0. The lowest BCUT2D eigenvalue weighted by Gasteiger charge is -2.06. The van der Waals surface area contributed by atoms with E-state index in [1.165, 1.54) is 186 Å². The lowest BCUT2D eigenvalue weighted by molar-refractivity contribution is -0.143. The maximum atomic E-state index is 11.9. The molecule has 0 atom stereocenters. The fraction of sp³-hybridized carbons (Fsp3) is 0.972. The SMILES string of the molecule is CCCCCCCCCCCCCCCCCOC(=O)CCSCCCCCCCCCCCCCCCC. The maximum absolute atomic E-state index is 11.9. The summed E-state index contributed by atoms with van der Waals surface area (Å²) in [6.07, 6.45) is 40.9. The third-order valence-corrected chi connectivity index (χ3v) is 9.17. The largest absolute Gasteiger partial charge is 0.466 e. The van der Waals surface area contributed by atoms with Crippen LogP contribution in [0, 0.1) is 0 Å². The quantitative estimate of drug-likeness (QED) is 0.0570. The smallest absolute Gasteiger partial charge is 0.306 e. The van der Waals surface area contributed by atoms with Crippen molar-refractivity contribution in [3.63, 3.8) is 0 Å². The summed E-state index contributed by atoms with van der Waals surface area (Å²) in [6.45, 7) is 5.21. The predicted octanol–water partition coefficient (Wildman–Crippen LogP) is 13.0. The van der Waals surface area contributed by atoms with Gasteiger partial charge in [0, 0.05) is 5.75 Å². The Hall–Kier alpha value is -0.180. The lowest BCUT2D eigenvalue weighted by Crippen LogP contribution is -2.07. The summed E-state index contributed by atoms with van der Waals surface area (Å²) in [6, 6.07) is 0. The van der Waals surface area contributed by atoms with E-state index in [4.69, 9.17) is 4.74 Å². The Morgan fingerprint density at radius 1 is 0.410 bits per heavy atom. The van der Waals surface area contributed by atoms with Crippen molar-refractivity contribution in [2.24, 2.45) is 0 Å². The third-order valence-electron chi connectivity index (χ3n) is 8.10. The summed E-state index contributed by atoms with van der Waals surface area (Å²) in [7, 11) is 0. The molecule has 234 valence electrons. The summed E-state index contributed by atoms with van der Waals surface area (Å²) in [5.41, 5.74) is 0. The zero-order valence-electron chi connectivity index (χ0n) is 27.1. The summed E-state index contributed by atoms with van der Waals surface area (Å²) in [5.74, 6) is 2.13. The van der Waals surface area contributed by atoms with Crippen LogP contribution >= 0.6 is 11.8 Å². The minimum absolute atomic E-state index is 0.00817. The number of hydrogen-bond donors (Lipinski definition) is 0. The number of rotatable bonds is 34. The Morgan fingerprint density at radius 2 is 0.718 bits per heavy atom. The molecule has 0 amide bonds. The first-order chi connectivity index (χ1) is 19.3. The van der Waals surface area contributed by atoms with Gasteiger partial charge in [0.05, 0.1) is 13.0 Å².